The predicted octanol–water partition coefficient (Wildman–Crippen LogP) is 3.10. The number of hydrogen-bond donors (Lipinski definition) is 1. The van der Waals surface area contributed by atoms with E-state index in [4.69, 9.17) is 4.74 Å². The Bertz CT molecular complexity index is 657. The Hall–Kier alpha value is -2.35. The molecule has 0 saturated heterocycles. The number of carbonyl (C=O) groups excluding carboxylic acids is 2. The van der Waals surface area contributed by atoms with Crippen molar-refractivity contribution in [1.29, 1.82) is 5.26 Å². The van der Waals surface area contributed by atoms with Crippen LogP contribution in [0.25, 0.3) is 0 Å². The molecule has 5 heteroatoms. The Balaban J connectivity index is 2.04. The summed E-state index contributed by atoms with van der Waals surface area (Å²) in [6.07, 6.45) is 3.41. The maximum absolute atomic E-state index is 12.8. The fourth-order valence-electron chi connectivity index (χ4n) is 3.24. The molecule has 1 amide bonds. The van der Waals surface area contributed by atoms with E-state index in [1.165, 1.54) is 0 Å². The second-order valence-electron chi connectivity index (χ2n) is 7.25. The first-order valence-corrected chi connectivity index (χ1v) is 8.79. The molecule has 1 atom stereocenters. The average molecular weight is 342 g/mol. The van der Waals surface area contributed by atoms with Crippen LogP contribution in [0.4, 0.5) is 0 Å². The van der Waals surface area contributed by atoms with Crippen molar-refractivity contribution in [2.45, 2.75) is 57.4 Å². The Morgan fingerprint density at radius 2 is 1.88 bits per heavy atom. The number of benzene rings is 1. The molecule has 0 radical (unpaired) electrons. The molecule has 1 aromatic rings. The van der Waals surface area contributed by atoms with Crippen molar-refractivity contribution in [1.82, 2.24) is 5.32 Å². The highest BCUT2D eigenvalue weighted by atomic mass is 16.5. The maximum atomic E-state index is 12.8. The van der Waals surface area contributed by atoms with Crippen LogP contribution in [-0.4, -0.2) is 24.0 Å². The third kappa shape index (κ3) is 4.01. The number of nitriles is 1. The van der Waals surface area contributed by atoms with E-state index in [9.17, 15) is 14.9 Å². The fraction of sp³-hybridized carbons (Fsp3) is 0.550. The van der Waals surface area contributed by atoms with Crippen molar-refractivity contribution in [3.8, 4) is 6.07 Å². The van der Waals surface area contributed by atoms with Gasteiger partial charge in [0.2, 0.25) is 0 Å². The Morgan fingerprint density at radius 1 is 1.28 bits per heavy atom. The van der Waals surface area contributed by atoms with Crippen LogP contribution in [0.5, 0.6) is 0 Å². The molecule has 1 fully saturated rings. The van der Waals surface area contributed by atoms with Crippen molar-refractivity contribution >= 4 is 11.9 Å². The summed E-state index contributed by atoms with van der Waals surface area (Å²) in [6.45, 7) is 5.02. The average Bonchev–Trinajstić information content (AvgIpc) is 3.11. The quantitative estimate of drug-likeness (QED) is 0.806. The van der Waals surface area contributed by atoms with Crippen molar-refractivity contribution in [2.24, 2.45) is 5.92 Å². The first-order valence-electron chi connectivity index (χ1n) is 8.79. The lowest BCUT2D eigenvalue weighted by molar-refractivity contribution is -0.154. The molecule has 2 rings (SSSR count). The van der Waals surface area contributed by atoms with Crippen LogP contribution in [0.2, 0.25) is 0 Å². The smallest absolute Gasteiger partial charge is 0.317 e. The summed E-state index contributed by atoms with van der Waals surface area (Å²) in [7, 11) is 0. The molecule has 1 aliphatic rings. The minimum absolute atomic E-state index is 0.0531. The van der Waals surface area contributed by atoms with Crippen LogP contribution in [-0.2, 0) is 19.7 Å². The Kier molecular flexibility index (Phi) is 5.84. The summed E-state index contributed by atoms with van der Waals surface area (Å²) >= 11 is 0. The highest BCUT2D eigenvalue weighted by molar-refractivity contribution is 5.87. The first kappa shape index (κ1) is 19.0. The van der Waals surface area contributed by atoms with Gasteiger partial charge in [0.05, 0.1) is 11.5 Å². The zero-order valence-electron chi connectivity index (χ0n) is 15.2. The number of esters is 1. The van der Waals surface area contributed by atoms with Crippen LogP contribution in [0.1, 0.15) is 52.0 Å². The molecule has 0 aliphatic heterocycles. The van der Waals surface area contributed by atoms with Crippen LogP contribution in [0.3, 0.4) is 0 Å². The number of hydrogen-bond acceptors (Lipinski definition) is 4. The van der Waals surface area contributed by atoms with Gasteiger partial charge in [-0.15, -0.1) is 0 Å². The van der Waals surface area contributed by atoms with E-state index in [1.54, 1.807) is 6.92 Å². The van der Waals surface area contributed by atoms with Crippen LogP contribution in [0, 0.1) is 17.2 Å². The van der Waals surface area contributed by atoms with Gasteiger partial charge < -0.3 is 10.1 Å². The molecule has 1 saturated carbocycles. The van der Waals surface area contributed by atoms with Crippen molar-refractivity contribution < 1.29 is 14.3 Å². The molecule has 1 N–H and O–H groups in total. The van der Waals surface area contributed by atoms with E-state index in [1.807, 2.05) is 44.2 Å². The zero-order valence-corrected chi connectivity index (χ0v) is 15.2. The molecule has 25 heavy (non-hydrogen) atoms. The van der Waals surface area contributed by atoms with Gasteiger partial charge in [0.1, 0.15) is 5.54 Å². The van der Waals surface area contributed by atoms with Gasteiger partial charge in [-0.3, -0.25) is 9.59 Å². The van der Waals surface area contributed by atoms with Gasteiger partial charge >= 0.3 is 5.97 Å². The lowest BCUT2D eigenvalue weighted by Crippen LogP contribution is -2.50. The number of rotatable bonds is 6. The number of ether oxygens (including phenoxy) is 1. The highest BCUT2D eigenvalue weighted by Crippen LogP contribution is 2.42. The number of nitrogens with one attached hydrogen (secondary N) is 1. The van der Waals surface area contributed by atoms with Gasteiger partial charge in [-0.1, -0.05) is 57.0 Å². The standard InChI is InChI=1S/C20H26N2O3/c1-15(2)19(3,14-21)22-17(23)13-25-18(24)20(11-7-8-12-20)16-9-5-4-6-10-16/h4-6,9-10,15H,7-8,11-13H2,1-3H3,(H,22,23)/t19-/m0/s1. The van der Waals surface area contributed by atoms with Crippen molar-refractivity contribution in [2.75, 3.05) is 6.61 Å². The van der Waals surface area contributed by atoms with Gasteiger partial charge in [0.25, 0.3) is 5.91 Å². The van der Waals surface area contributed by atoms with E-state index in [-0.39, 0.29) is 18.5 Å². The third-order valence-electron chi connectivity index (χ3n) is 5.29. The summed E-state index contributed by atoms with van der Waals surface area (Å²) in [5.41, 5.74) is -0.687. The van der Waals surface area contributed by atoms with Gasteiger partial charge in [0, 0.05) is 0 Å². The molecule has 5 nitrogen and oxygen atoms in total. The molecular weight excluding hydrogens is 316 g/mol. The summed E-state index contributed by atoms with van der Waals surface area (Å²) in [6, 6.07) is 11.7. The van der Waals surface area contributed by atoms with Crippen molar-refractivity contribution in [3.63, 3.8) is 0 Å². The third-order valence-corrected chi connectivity index (χ3v) is 5.29. The monoisotopic (exact) mass is 342 g/mol. The fourth-order valence-corrected chi connectivity index (χ4v) is 3.24. The van der Waals surface area contributed by atoms with E-state index in [2.05, 4.69) is 11.4 Å². The zero-order chi connectivity index (χ0) is 18.5. The second kappa shape index (κ2) is 7.69. The molecule has 0 bridgehead atoms. The molecular formula is C20H26N2O3. The molecule has 1 aromatic carbocycles. The first-order chi connectivity index (χ1) is 11.8. The minimum Gasteiger partial charge on any atom is -0.455 e. The number of nitrogens with zero attached hydrogens (tertiary/aromatic N) is 1. The highest BCUT2D eigenvalue weighted by Gasteiger charge is 2.44. The van der Waals surface area contributed by atoms with Crippen molar-refractivity contribution in [3.05, 3.63) is 35.9 Å². The van der Waals surface area contributed by atoms with Gasteiger partial charge in [0.15, 0.2) is 6.61 Å². The number of amides is 1. The topological polar surface area (TPSA) is 79.2 Å². The van der Waals surface area contributed by atoms with Gasteiger partial charge in [-0.2, -0.15) is 5.26 Å². The van der Waals surface area contributed by atoms with E-state index in [0.717, 1.165) is 31.2 Å². The lowest BCUT2D eigenvalue weighted by atomic mass is 9.79. The molecule has 0 heterocycles. The molecule has 134 valence electrons. The summed E-state index contributed by atoms with van der Waals surface area (Å²) in [5, 5.41) is 11.9. The van der Waals surface area contributed by atoms with E-state index < -0.39 is 16.9 Å². The number of carbonyl (C=O) groups is 2. The molecule has 1 aliphatic carbocycles. The van der Waals surface area contributed by atoms with Crippen LogP contribution in [0.15, 0.2) is 30.3 Å². The van der Waals surface area contributed by atoms with Gasteiger partial charge in [-0.05, 0) is 31.2 Å². The van der Waals surface area contributed by atoms with E-state index in [0.29, 0.717) is 0 Å². The molecule has 0 spiro atoms. The lowest BCUT2D eigenvalue weighted by Gasteiger charge is -2.29. The SMILES string of the molecule is CC(C)[C@](C)(C#N)NC(=O)COC(=O)C1(c2ccccc2)CCCC1. The summed E-state index contributed by atoms with van der Waals surface area (Å²) in [4.78, 5) is 24.9. The van der Waals surface area contributed by atoms with Gasteiger partial charge in [-0.25, -0.2) is 0 Å². The normalized spacial score (nSPS) is 18.2. The van der Waals surface area contributed by atoms with Crippen LogP contribution >= 0.6 is 0 Å². The maximum Gasteiger partial charge on any atom is 0.317 e. The second-order valence-corrected chi connectivity index (χ2v) is 7.25. The summed E-state index contributed by atoms with van der Waals surface area (Å²) < 4.78 is 5.36. The minimum atomic E-state index is -0.978. The predicted molar refractivity (Wildman–Crippen MR) is 94.5 cm³/mol. The Labute approximate surface area is 149 Å². The largest absolute Gasteiger partial charge is 0.455 e. The van der Waals surface area contributed by atoms with E-state index >= 15 is 0 Å². The summed E-state index contributed by atoms with van der Waals surface area (Å²) in [5.74, 6) is -0.857. The molecule has 0 aromatic heterocycles. The molecule has 0 unspecified atom stereocenters. The van der Waals surface area contributed by atoms with Crippen LogP contribution < -0.4 is 5.32 Å². The Morgan fingerprint density at radius 3 is 2.40 bits per heavy atom.